The minimum Gasteiger partial charge on any atom is -0.351 e. The van der Waals surface area contributed by atoms with Crippen LogP contribution in [-0.2, 0) is 0 Å². The van der Waals surface area contributed by atoms with Crippen LogP contribution in [0.15, 0.2) is 30.3 Å². The van der Waals surface area contributed by atoms with Gasteiger partial charge in [-0.15, -0.1) is 0 Å². The molecule has 1 fully saturated rings. The third kappa shape index (κ3) is 3.83. The van der Waals surface area contributed by atoms with Crippen LogP contribution in [0.5, 0.6) is 0 Å². The van der Waals surface area contributed by atoms with Gasteiger partial charge in [-0.05, 0) is 42.2 Å². The first kappa shape index (κ1) is 15.0. The fraction of sp³-hybridized carbons (Fsp3) is 0.588. The van der Waals surface area contributed by atoms with Crippen molar-refractivity contribution in [2.24, 2.45) is 16.6 Å². The smallest absolute Gasteiger partial charge is 0.251 e. The molecule has 1 aromatic carbocycles. The van der Waals surface area contributed by atoms with Crippen molar-refractivity contribution in [3.63, 3.8) is 0 Å². The van der Waals surface area contributed by atoms with E-state index in [1.54, 1.807) is 0 Å². The molecule has 2 atom stereocenters. The minimum atomic E-state index is 0.00350. The van der Waals surface area contributed by atoms with E-state index in [1.165, 1.54) is 0 Å². The molecule has 0 aromatic heterocycles. The standard InChI is InChI=1S/C17H26N2O/c1-16(2)9-14(18)10-17(3,11-16)12-19-15(20)13-7-5-4-6-8-13/h4-8,14H,9-12,18H2,1-3H3,(H,19,20). The van der Waals surface area contributed by atoms with Crippen LogP contribution >= 0.6 is 0 Å². The first-order valence-corrected chi connectivity index (χ1v) is 7.39. The van der Waals surface area contributed by atoms with Crippen LogP contribution in [0, 0.1) is 10.8 Å². The molecular weight excluding hydrogens is 248 g/mol. The van der Waals surface area contributed by atoms with Crippen LogP contribution in [0.1, 0.15) is 50.4 Å². The summed E-state index contributed by atoms with van der Waals surface area (Å²) in [6.07, 6.45) is 3.14. The molecule has 0 radical (unpaired) electrons. The van der Waals surface area contributed by atoms with Gasteiger partial charge < -0.3 is 11.1 Å². The number of carbonyl (C=O) groups excluding carboxylic acids is 1. The van der Waals surface area contributed by atoms with Crippen molar-refractivity contribution in [1.29, 1.82) is 0 Å². The quantitative estimate of drug-likeness (QED) is 0.890. The van der Waals surface area contributed by atoms with Crippen LogP contribution in [0.4, 0.5) is 0 Å². The van der Waals surface area contributed by atoms with Gasteiger partial charge in [-0.25, -0.2) is 0 Å². The van der Waals surface area contributed by atoms with Gasteiger partial charge in [0.15, 0.2) is 0 Å². The summed E-state index contributed by atoms with van der Waals surface area (Å²) in [7, 11) is 0. The molecule has 1 aliphatic rings. The summed E-state index contributed by atoms with van der Waals surface area (Å²) < 4.78 is 0. The Morgan fingerprint density at radius 3 is 2.50 bits per heavy atom. The number of amides is 1. The van der Waals surface area contributed by atoms with Crippen molar-refractivity contribution < 1.29 is 4.79 Å². The predicted molar refractivity (Wildman–Crippen MR) is 82.5 cm³/mol. The Bertz CT molecular complexity index is 469. The predicted octanol–water partition coefficient (Wildman–Crippen LogP) is 2.96. The summed E-state index contributed by atoms with van der Waals surface area (Å²) in [5, 5.41) is 3.07. The average molecular weight is 274 g/mol. The maximum atomic E-state index is 12.1. The molecule has 1 aliphatic carbocycles. The van der Waals surface area contributed by atoms with E-state index in [-0.39, 0.29) is 22.8 Å². The van der Waals surface area contributed by atoms with Crippen LogP contribution in [0.2, 0.25) is 0 Å². The number of carbonyl (C=O) groups is 1. The fourth-order valence-electron chi connectivity index (χ4n) is 3.83. The monoisotopic (exact) mass is 274 g/mol. The van der Waals surface area contributed by atoms with Crippen LogP contribution in [0.3, 0.4) is 0 Å². The summed E-state index contributed by atoms with van der Waals surface area (Å²) in [4.78, 5) is 12.1. The van der Waals surface area contributed by atoms with Gasteiger partial charge in [0.1, 0.15) is 0 Å². The van der Waals surface area contributed by atoms with Gasteiger partial charge >= 0.3 is 0 Å². The summed E-state index contributed by atoms with van der Waals surface area (Å²) in [5.74, 6) is 0.00350. The number of benzene rings is 1. The van der Waals surface area contributed by atoms with E-state index >= 15 is 0 Å². The lowest BCUT2D eigenvalue weighted by Crippen LogP contribution is -2.47. The molecule has 3 nitrogen and oxygen atoms in total. The molecule has 20 heavy (non-hydrogen) atoms. The first-order chi connectivity index (χ1) is 9.30. The molecule has 0 heterocycles. The van der Waals surface area contributed by atoms with E-state index < -0.39 is 0 Å². The molecule has 2 unspecified atom stereocenters. The minimum absolute atomic E-state index is 0.00350. The lowest BCUT2D eigenvalue weighted by molar-refractivity contribution is 0.0729. The van der Waals surface area contributed by atoms with Crippen LogP contribution in [0.25, 0.3) is 0 Å². The fourth-order valence-corrected chi connectivity index (χ4v) is 3.83. The van der Waals surface area contributed by atoms with Gasteiger partial charge in [0, 0.05) is 18.2 Å². The van der Waals surface area contributed by atoms with Crippen molar-refractivity contribution in [2.45, 2.75) is 46.1 Å². The zero-order valence-corrected chi connectivity index (χ0v) is 12.8. The highest BCUT2D eigenvalue weighted by molar-refractivity contribution is 5.94. The Hall–Kier alpha value is -1.35. The highest BCUT2D eigenvalue weighted by Crippen LogP contribution is 2.45. The Labute approximate surface area is 121 Å². The van der Waals surface area contributed by atoms with Crippen molar-refractivity contribution in [3.8, 4) is 0 Å². The number of nitrogens with two attached hydrogens (primary N) is 1. The zero-order chi connectivity index (χ0) is 14.8. The summed E-state index contributed by atoms with van der Waals surface area (Å²) >= 11 is 0. The van der Waals surface area contributed by atoms with Crippen molar-refractivity contribution >= 4 is 5.91 Å². The molecule has 3 N–H and O–H groups in total. The summed E-state index contributed by atoms with van der Waals surface area (Å²) in [6.45, 7) is 7.46. The van der Waals surface area contributed by atoms with E-state index in [0.29, 0.717) is 6.54 Å². The molecular formula is C17H26N2O. The number of hydrogen-bond donors (Lipinski definition) is 2. The van der Waals surface area contributed by atoms with E-state index in [4.69, 9.17) is 5.73 Å². The zero-order valence-electron chi connectivity index (χ0n) is 12.8. The van der Waals surface area contributed by atoms with Crippen LogP contribution in [-0.4, -0.2) is 18.5 Å². The second-order valence-electron chi connectivity index (χ2n) is 7.37. The lowest BCUT2D eigenvalue weighted by Gasteiger charge is -2.45. The molecule has 0 bridgehead atoms. The van der Waals surface area contributed by atoms with Crippen molar-refractivity contribution in [1.82, 2.24) is 5.32 Å². The normalized spacial score (nSPS) is 28.9. The first-order valence-electron chi connectivity index (χ1n) is 7.39. The Kier molecular flexibility index (Phi) is 4.19. The molecule has 3 heteroatoms. The van der Waals surface area contributed by atoms with Crippen LogP contribution < -0.4 is 11.1 Å². The highest BCUT2D eigenvalue weighted by Gasteiger charge is 2.40. The van der Waals surface area contributed by atoms with Gasteiger partial charge in [0.25, 0.3) is 5.91 Å². The number of rotatable bonds is 3. The molecule has 110 valence electrons. The topological polar surface area (TPSA) is 55.1 Å². The van der Waals surface area contributed by atoms with Crippen molar-refractivity contribution in [2.75, 3.05) is 6.54 Å². The third-order valence-electron chi connectivity index (χ3n) is 4.19. The molecule has 0 aliphatic heterocycles. The van der Waals surface area contributed by atoms with E-state index in [0.717, 1.165) is 24.8 Å². The maximum Gasteiger partial charge on any atom is 0.251 e. The van der Waals surface area contributed by atoms with Crippen molar-refractivity contribution in [3.05, 3.63) is 35.9 Å². The molecule has 0 spiro atoms. The summed E-state index contributed by atoms with van der Waals surface area (Å²) in [6, 6.07) is 9.60. The highest BCUT2D eigenvalue weighted by atomic mass is 16.1. The summed E-state index contributed by atoms with van der Waals surface area (Å²) in [5.41, 5.74) is 7.25. The molecule has 1 amide bonds. The Balaban J connectivity index is 1.97. The van der Waals surface area contributed by atoms with E-state index in [2.05, 4.69) is 26.1 Å². The Morgan fingerprint density at radius 1 is 1.25 bits per heavy atom. The average Bonchev–Trinajstić information content (AvgIpc) is 2.34. The third-order valence-corrected chi connectivity index (χ3v) is 4.19. The van der Waals surface area contributed by atoms with E-state index in [1.807, 2.05) is 30.3 Å². The van der Waals surface area contributed by atoms with Gasteiger partial charge in [-0.2, -0.15) is 0 Å². The molecule has 1 saturated carbocycles. The second-order valence-corrected chi connectivity index (χ2v) is 7.37. The molecule has 2 rings (SSSR count). The Morgan fingerprint density at radius 2 is 1.90 bits per heavy atom. The lowest BCUT2D eigenvalue weighted by atomic mass is 9.63. The number of nitrogens with one attached hydrogen (secondary N) is 1. The maximum absolute atomic E-state index is 12.1. The van der Waals surface area contributed by atoms with Gasteiger partial charge in [0.05, 0.1) is 0 Å². The largest absolute Gasteiger partial charge is 0.351 e. The van der Waals surface area contributed by atoms with Gasteiger partial charge in [-0.3, -0.25) is 4.79 Å². The second kappa shape index (κ2) is 5.57. The SMILES string of the molecule is CC1(C)CC(N)CC(C)(CNC(=O)c2ccccc2)C1. The molecule has 0 saturated heterocycles. The number of hydrogen-bond acceptors (Lipinski definition) is 2. The van der Waals surface area contributed by atoms with E-state index in [9.17, 15) is 4.79 Å². The van der Waals surface area contributed by atoms with Gasteiger partial charge in [-0.1, -0.05) is 39.0 Å². The van der Waals surface area contributed by atoms with Gasteiger partial charge in [0.2, 0.25) is 0 Å². The molecule has 1 aromatic rings.